The number of methoxy groups -OCH3 is 2. The van der Waals surface area contributed by atoms with E-state index in [0.29, 0.717) is 17.2 Å². The van der Waals surface area contributed by atoms with Crippen molar-refractivity contribution in [1.82, 2.24) is 4.90 Å². The van der Waals surface area contributed by atoms with Crippen molar-refractivity contribution in [3.8, 4) is 11.5 Å². The number of carbonyl (C=O) groups is 1. The van der Waals surface area contributed by atoms with E-state index >= 15 is 0 Å². The van der Waals surface area contributed by atoms with Crippen LogP contribution in [0.5, 0.6) is 11.5 Å². The molecule has 1 N–H and O–H groups in total. The molecule has 5 heteroatoms. The van der Waals surface area contributed by atoms with E-state index in [-0.39, 0.29) is 11.8 Å². The Hall–Kier alpha value is -1.75. The summed E-state index contributed by atoms with van der Waals surface area (Å²) in [4.78, 5) is 14.3. The average molecular weight is 264 g/mol. The molecule has 0 radical (unpaired) electrons. The van der Waals surface area contributed by atoms with Gasteiger partial charge in [0.25, 0.3) is 0 Å². The molecule has 0 saturated carbocycles. The van der Waals surface area contributed by atoms with Gasteiger partial charge in [-0.15, -0.1) is 0 Å². The second-order valence-corrected chi connectivity index (χ2v) is 4.80. The van der Waals surface area contributed by atoms with Crippen LogP contribution in [0.4, 0.5) is 5.69 Å². The van der Waals surface area contributed by atoms with E-state index in [1.165, 1.54) is 0 Å². The standard InChI is InChI=1S/C14H20N2O3/c1-16-7-6-10(9-16)14(17)15-12-5-4-11(18-2)8-13(12)19-3/h4-5,8,10H,6-7,9H2,1-3H3,(H,15,17). The van der Waals surface area contributed by atoms with Gasteiger partial charge in [0.15, 0.2) is 0 Å². The van der Waals surface area contributed by atoms with Gasteiger partial charge in [0, 0.05) is 12.6 Å². The van der Waals surface area contributed by atoms with Gasteiger partial charge >= 0.3 is 0 Å². The number of benzene rings is 1. The van der Waals surface area contributed by atoms with Crippen LogP contribution in [0.25, 0.3) is 0 Å². The maximum absolute atomic E-state index is 12.2. The zero-order valence-electron chi connectivity index (χ0n) is 11.6. The Bertz CT molecular complexity index is 462. The van der Waals surface area contributed by atoms with E-state index in [0.717, 1.165) is 19.5 Å². The highest BCUT2D eigenvalue weighted by atomic mass is 16.5. The Morgan fingerprint density at radius 3 is 2.74 bits per heavy atom. The Morgan fingerprint density at radius 2 is 2.16 bits per heavy atom. The molecule has 1 aromatic rings. The highest BCUT2D eigenvalue weighted by Crippen LogP contribution is 2.29. The fraction of sp³-hybridized carbons (Fsp3) is 0.500. The molecule has 0 bridgehead atoms. The van der Waals surface area contributed by atoms with Crippen LogP contribution in [-0.2, 0) is 4.79 Å². The summed E-state index contributed by atoms with van der Waals surface area (Å²) in [6.07, 6.45) is 0.904. The van der Waals surface area contributed by atoms with Crippen LogP contribution >= 0.6 is 0 Å². The van der Waals surface area contributed by atoms with E-state index in [1.807, 2.05) is 7.05 Å². The van der Waals surface area contributed by atoms with Gasteiger partial charge in [-0.3, -0.25) is 4.79 Å². The van der Waals surface area contributed by atoms with Gasteiger partial charge in [-0.1, -0.05) is 0 Å². The molecule has 1 saturated heterocycles. The molecule has 0 aliphatic carbocycles. The van der Waals surface area contributed by atoms with E-state index in [9.17, 15) is 4.79 Å². The van der Waals surface area contributed by atoms with Gasteiger partial charge < -0.3 is 19.7 Å². The molecule has 19 heavy (non-hydrogen) atoms. The first-order valence-corrected chi connectivity index (χ1v) is 6.35. The zero-order chi connectivity index (χ0) is 13.8. The number of hydrogen-bond donors (Lipinski definition) is 1. The molecule has 1 heterocycles. The Labute approximate surface area is 113 Å². The molecular weight excluding hydrogens is 244 g/mol. The van der Waals surface area contributed by atoms with Gasteiger partial charge in [0.05, 0.1) is 25.8 Å². The lowest BCUT2D eigenvalue weighted by molar-refractivity contribution is -0.119. The third-order valence-corrected chi connectivity index (χ3v) is 3.43. The van der Waals surface area contributed by atoms with Crippen molar-refractivity contribution < 1.29 is 14.3 Å². The smallest absolute Gasteiger partial charge is 0.228 e. The molecule has 1 atom stereocenters. The van der Waals surface area contributed by atoms with Crippen molar-refractivity contribution in [3.05, 3.63) is 18.2 Å². The quantitative estimate of drug-likeness (QED) is 0.897. The predicted octanol–water partition coefficient (Wildman–Crippen LogP) is 1.59. The van der Waals surface area contributed by atoms with E-state index < -0.39 is 0 Å². The molecule has 1 fully saturated rings. The number of carbonyl (C=O) groups excluding carboxylic acids is 1. The number of anilines is 1. The molecule has 1 aromatic carbocycles. The number of rotatable bonds is 4. The van der Waals surface area contributed by atoms with Crippen LogP contribution in [0.1, 0.15) is 6.42 Å². The van der Waals surface area contributed by atoms with Crippen LogP contribution in [0.2, 0.25) is 0 Å². The summed E-state index contributed by atoms with van der Waals surface area (Å²) in [6, 6.07) is 5.36. The Morgan fingerprint density at radius 1 is 1.37 bits per heavy atom. The van der Waals surface area contributed by atoms with Crippen molar-refractivity contribution in [2.45, 2.75) is 6.42 Å². The summed E-state index contributed by atoms with van der Waals surface area (Å²) in [5, 5.41) is 2.93. The third-order valence-electron chi connectivity index (χ3n) is 3.43. The average Bonchev–Trinajstić information content (AvgIpc) is 2.86. The summed E-state index contributed by atoms with van der Waals surface area (Å²) >= 11 is 0. The second kappa shape index (κ2) is 5.93. The van der Waals surface area contributed by atoms with Crippen molar-refractivity contribution in [2.24, 2.45) is 5.92 Å². The van der Waals surface area contributed by atoms with E-state index in [2.05, 4.69) is 10.2 Å². The molecule has 1 aliphatic heterocycles. The summed E-state index contributed by atoms with van der Waals surface area (Å²) in [5.74, 6) is 1.42. The molecular formula is C14H20N2O3. The minimum absolute atomic E-state index is 0.0489. The van der Waals surface area contributed by atoms with Crippen molar-refractivity contribution in [3.63, 3.8) is 0 Å². The van der Waals surface area contributed by atoms with Crippen LogP contribution in [0, 0.1) is 5.92 Å². The number of amides is 1. The largest absolute Gasteiger partial charge is 0.497 e. The van der Waals surface area contributed by atoms with E-state index in [4.69, 9.17) is 9.47 Å². The first-order chi connectivity index (χ1) is 9.13. The Kier molecular flexibility index (Phi) is 4.27. The molecule has 0 spiro atoms. The maximum atomic E-state index is 12.2. The molecule has 1 unspecified atom stereocenters. The number of nitrogens with zero attached hydrogens (tertiary/aromatic N) is 1. The number of nitrogens with one attached hydrogen (secondary N) is 1. The van der Waals surface area contributed by atoms with Gasteiger partial charge in [-0.2, -0.15) is 0 Å². The minimum Gasteiger partial charge on any atom is -0.497 e. The lowest BCUT2D eigenvalue weighted by atomic mass is 10.1. The fourth-order valence-electron chi connectivity index (χ4n) is 2.29. The van der Waals surface area contributed by atoms with Gasteiger partial charge in [0.2, 0.25) is 5.91 Å². The minimum atomic E-state index is 0.0489. The van der Waals surface area contributed by atoms with Crippen LogP contribution in [0.15, 0.2) is 18.2 Å². The molecule has 2 rings (SSSR count). The normalized spacial score (nSPS) is 19.2. The SMILES string of the molecule is COc1ccc(NC(=O)C2CCN(C)C2)c(OC)c1. The monoisotopic (exact) mass is 264 g/mol. The molecule has 1 aliphatic rings. The van der Waals surface area contributed by atoms with Crippen LogP contribution < -0.4 is 14.8 Å². The Balaban J connectivity index is 2.08. The topological polar surface area (TPSA) is 50.8 Å². The lowest BCUT2D eigenvalue weighted by Crippen LogP contribution is -2.25. The number of likely N-dealkylation sites (tertiary alicyclic amines) is 1. The van der Waals surface area contributed by atoms with E-state index in [1.54, 1.807) is 32.4 Å². The molecule has 1 amide bonds. The van der Waals surface area contributed by atoms with Crippen LogP contribution in [0.3, 0.4) is 0 Å². The maximum Gasteiger partial charge on any atom is 0.228 e. The third kappa shape index (κ3) is 3.17. The van der Waals surface area contributed by atoms with Crippen molar-refractivity contribution >= 4 is 11.6 Å². The summed E-state index contributed by atoms with van der Waals surface area (Å²) in [7, 11) is 5.20. The first-order valence-electron chi connectivity index (χ1n) is 6.35. The highest BCUT2D eigenvalue weighted by molar-refractivity contribution is 5.94. The van der Waals surface area contributed by atoms with Gasteiger partial charge in [0.1, 0.15) is 11.5 Å². The molecule has 0 aromatic heterocycles. The second-order valence-electron chi connectivity index (χ2n) is 4.80. The van der Waals surface area contributed by atoms with Crippen molar-refractivity contribution in [2.75, 3.05) is 39.7 Å². The predicted molar refractivity (Wildman–Crippen MR) is 73.8 cm³/mol. The van der Waals surface area contributed by atoms with Gasteiger partial charge in [-0.05, 0) is 32.1 Å². The highest BCUT2D eigenvalue weighted by Gasteiger charge is 2.26. The summed E-state index contributed by atoms with van der Waals surface area (Å²) < 4.78 is 10.4. The molecule has 5 nitrogen and oxygen atoms in total. The van der Waals surface area contributed by atoms with Gasteiger partial charge in [-0.25, -0.2) is 0 Å². The number of ether oxygens (including phenoxy) is 2. The van der Waals surface area contributed by atoms with Crippen molar-refractivity contribution in [1.29, 1.82) is 0 Å². The summed E-state index contributed by atoms with van der Waals surface area (Å²) in [5.41, 5.74) is 0.683. The van der Waals surface area contributed by atoms with Crippen LogP contribution in [-0.4, -0.2) is 45.2 Å². The summed E-state index contributed by atoms with van der Waals surface area (Å²) in [6.45, 7) is 1.78. The zero-order valence-corrected chi connectivity index (χ0v) is 11.6. The number of hydrogen-bond acceptors (Lipinski definition) is 4. The molecule has 104 valence electrons. The fourth-order valence-corrected chi connectivity index (χ4v) is 2.29. The first kappa shape index (κ1) is 13.7. The lowest BCUT2D eigenvalue weighted by Gasteiger charge is -2.14.